The van der Waals surface area contributed by atoms with Crippen molar-refractivity contribution < 1.29 is 24.6 Å². The second-order valence-corrected chi connectivity index (χ2v) is 7.17. The average molecular weight is 405 g/mol. The standard InChI is InChI=1S/C24H23NO5/c1-3-22(26)25(15(2)23(27)28)14-16-4-5-21-13-20(11-10-19(21)12-16)17-6-8-18(9-7-17)24(29)30/h4-13,15H,3,14H2,1-2H3,(H,27,28)(H,29,30). The first-order valence-corrected chi connectivity index (χ1v) is 9.69. The van der Waals surface area contributed by atoms with Gasteiger partial charge in [0, 0.05) is 13.0 Å². The molecule has 0 saturated carbocycles. The van der Waals surface area contributed by atoms with Crippen LogP contribution in [0.3, 0.4) is 0 Å². The summed E-state index contributed by atoms with van der Waals surface area (Å²) in [4.78, 5) is 36.0. The molecular weight excluding hydrogens is 382 g/mol. The number of hydrogen-bond donors (Lipinski definition) is 2. The average Bonchev–Trinajstić information content (AvgIpc) is 2.76. The van der Waals surface area contributed by atoms with E-state index in [9.17, 15) is 19.5 Å². The van der Waals surface area contributed by atoms with Gasteiger partial charge in [-0.25, -0.2) is 9.59 Å². The molecule has 3 aromatic carbocycles. The number of amides is 1. The number of aliphatic carboxylic acids is 1. The predicted molar refractivity (Wildman–Crippen MR) is 114 cm³/mol. The van der Waals surface area contributed by atoms with Crippen LogP contribution in [0.25, 0.3) is 21.9 Å². The molecule has 1 amide bonds. The molecule has 6 heteroatoms. The van der Waals surface area contributed by atoms with Gasteiger partial charge >= 0.3 is 11.9 Å². The number of carbonyl (C=O) groups is 3. The van der Waals surface area contributed by atoms with Gasteiger partial charge in [-0.15, -0.1) is 0 Å². The molecule has 0 aliphatic carbocycles. The minimum absolute atomic E-state index is 0.204. The summed E-state index contributed by atoms with van der Waals surface area (Å²) in [5.74, 6) is -2.19. The summed E-state index contributed by atoms with van der Waals surface area (Å²) in [5, 5.41) is 20.3. The zero-order valence-electron chi connectivity index (χ0n) is 16.8. The summed E-state index contributed by atoms with van der Waals surface area (Å²) < 4.78 is 0. The lowest BCUT2D eigenvalue weighted by atomic mass is 9.99. The highest BCUT2D eigenvalue weighted by Gasteiger charge is 2.24. The Morgan fingerprint density at radius 3 is 2.07 bits per heavy atom. The quantitative estimate of drug-likeness (QED) is 0.607. The maximum Gasteiger partial charge on any atom is 0.335 e. The molecule has 0 aliphatic heterocycles. The van der Waals surface area contributed by atoms with E-state index in [2.05, 4.69) is 0 Å². The fourth-order valence-electron chi connectivity index (χ4n) is 3.35. The van der Waals surface area contributed by atoms with Gasteiger partial charge in [0.25, 0.3) is 0 Å². The van der Waals surface area contributed by atoms with Crippen LogP contribution >= 0.6 is 0 Å². The van der Waals surface area contributed by atoms with Crippen LogP contribution in [0.15, 0.2) is 60.7 Å². The first-order valence-electron chi connectivity index (χ1n) is 9.69. The minimum Gasteiger partial charge on any atom is -0.480 e. The second kappa shape index (κ2) is 8.78. The van der Waals surface area contributed by atoms with E-state index in [0.717, 1.165) is 27.5 Å². The highest BCUT2D eigenvalue weighted by atomic mass is 16.4. The number of benzene rings is 3. The second-order valence-electron chi connectivity index (χ2n) is 7.17. The number of carboxylic acid groups (broad SMARTS) is 2. The highest BCUT2D eigenvalue weighted by Crippen LogP contribution is 2.26. The highest BCUT2D eigenvalue weighted by molar-refractivity contribution is 5.90. The first kappa shape index (κ1) is 21.0. The van der Waals surface area contributed by atoms with E-state index in [0.29, 0.717) is 0 Å². The molecule has 3 rings (SSSR count). The summed E-state index contributed by atoms with van der Waals surface area (Å²) in [6.07, 6.45) is 0.245. The maximum atomic E-state index is 12.2. The SMILES string of the molecule is CCC(=O)N(Cc1ccc2cc(-c3ccc(C(=O)O)cc3)ccc2c1)C(C)C(=O)O. The van der Waals surface area contributed by atoms with Gasteiger partial charge in [0.05, 0.1) is 5.56 Å². The van der Waals surface area contributed by atoms with Crippen molar-refractivity contribution in [1.82, 2.24) is 4.90 Å². The van der Waals surface area contributed by atoms with E-state index in [1.165, 1.54) is 11.8 Å². The van der Waals surface area contributed by atoms with Gasteiger partial charge < -0.3 is 15.1 Å². The van der Waals surface area contributed by atoms with E-state index in [1.807, 2.05) is 36.4 Å². The number of nitrogens with zero attached hydrogens (tertiary/aromatic N) is 1. The number of rotatable bonds is 7. The maximum absolute atomic E-state index is 12.2. The Morgan fingerprint density at radius 2 is 1.47 bits per heavy atom. The van der Waals surface area contributed by atoms with Crippen molar-refractivity contribution in [2.75, 3.05) is 0 Å². The molecule has 30 heavy (non-hydrogen) atoms. The van der Waals surface area contributed by atoms with Gasteiger partial charge in [-0.05, 0) is 58.7 Å². The number of carboxylic acids is 2. The number of aromatic carboxylic acids is 1. The van der Waals surface area contributed by atoms with E-state index >= 15 is 0 Å². The molecule has 0 fully saturated rings. The Bertz CT molecular complexity index is 1100. The summed E-state index contributed by atoms with van der Waals surface area (Å²) in [6, 6.07) is 17.5. The molecule has 0 heterocycles. The van der Waals surface area contributed by atoms with E-state index < -0.39 is 18.0 Å². The van der Waals surface area contributed by atoms with Gasteiger partial charge in [-0.1, -0.05) is 43.3 Å². The van der Waals surface area contributed by atoms with Crippen LogP contribution in [0.2, 0.25) is 0 Å². The molecule has 1 atom stereocenters. The Hall–Kier alpha value is -3.67. The number of fused-ring (bicyclic) bond motifs is 1. The fourth-order valence-corrected chi connectivity index (χ4v) is 3.35. The van der Waals surface area contributed by atoms with Crippen molar-refractivity contribution in [1.29, 1.82) is 0 Å². The van der Waals surface area contributed by atoms with Crippen LogP contribution in [0.1, 0.15) is 36.2 Å². The summed E-state index contributed by atoms with van der Waals surface area (Å²) in [6.45, 7) is 3.46. The minimum atomic E-state index is -1.03. The molecular formula is C24H23NO5. The smallest absolute Gasteiger partial charge is 0.335 e. The predicted octanol–water partition coefficient (Wildman–Crippen LogP) is 4.42. The van der Waals surface area contributed by atoms with Gasteiger partial charge in [-0.3, -0.25) is 4.79 Å². The van der Waals surface area contributed by atoms with Gasteiger partial charge in [-0.2, -0.15) is 0 Å². The lowest BCUT2D eigenvalue weighted by molar-refractivity contribution is -0.149. The van der Waals surface area contributed by atoms with Crippen molar-refractivity contribution in [3.05, 3.63) is 71.8 Å². The van der Waals surface area contributed by atoms with Crippen LogP contribution in [0.5, 0.6) is 0 Å². The zero-order chi connectivity index (χ0) is 21.8. The Balaban J connectivity index is 1.88. The Kier molecular flexibility index (Phi) is 6.16. The number of carbonyl (C=O) groups excluding carboxylic acids is 1. The third-order valence-electron chi connectivity index (χ3n) is 5.17. The third-order valence-corrected chi connectivity index (χ3v) is 5.17. The Labute approximate surface area is 174 Å². The lowest BCUT2D eigenvalue weighted by Crippen LogP contribution is -2.42. The normalized spacial score (nSPS) is 11.8. The van der Waals surface area contributed by atoms with E-state index in [-0.39, 0.29) is 24.4 Å². The van der Waals surface area contributed by atoms with Gasteiger partial charge in [0.1, 0.15) is 6.04 Å². The van der Waals surface area contributed by atoms with Crippen molar-refractivity contribution in [2.45, 2.75) is 32.9 Å². The van der Waals surface area contributed by atoms with Crippen LogP contribution in [0.4, 0.5) is 0 Å². The topological polar surface area (TPSA) is 94.9 Å². The van der Waals surface area contributed by atoms with Crippen molar-refractivity contribution >= 4 is 28.6 Å². The monoisotopic (exact) mass is 405 g/mol. The van der Waals surface area contributed by atoms with Crippen LogP contribution in [-0.2, 0) is 16.1 Å². The van der Waals surface area contributed by atoms with E-state index in [4.69, 9.17) is 5.11 Å². The summed E-state index contributed by atoms with van der Waals surface area (Å²) >= 11 is 0. The molecule has 6 nitrogen and oxygen atoms in total. The number of hydrogen-bond acceptors (Lipinski definition) is 3. The molecule has 3 aromatic rings. The third kappa shape index (κ3) is 4.49. The molecule has 0 spiro atoms. The molecule has 0 radical (unpaired) electrons. The molecule has 154 valence electrons. The lowest BCUT2D eigenvalue weighted by Gasteiger charge is -2.26. The largest absolute Gasteiger partial charge is 0.480 e. The molecule has 0 aliphatic rings. The van der Waals surface area contributed by atoms with Crippen LogP contribution < -0.4 is 0 Å². The molecule has 0 aromatic heterocycles. The van der Waals surface area contributed by atoms with Crippen molar-refractivity contribution in [3.8, 4) is 11.1 Å². The summed E-state index contributed by atoms with van der Waals surface area (Å²) in [7, 11) is 0. The van der Waals surface area contributed by atoms with E-state index in [1.54, 1.807) is 31.2 Å². The Morgan fingerprint density at radius 1 is 0.867 bits per heavy atom. The molecule has 1 unspecified atom stereocenters. The van der Waals surface area contributed by atoms with Crippen LogP contribution in [-0.4, -0.2) is 39.0 Å². The summed E-state index contributed by atoms with van der Waals surface area (Å²) in [5.41, 5.74) is 2.98. The fraction of sp³-hybridized carbons (Fsp3) is 0.208. The first-order chi connectivity index (χ1) is 14.3. The molecule has 0 saturated heterocycles. The van der Waals surface area contributed by atoms with Crippen molar-refractivity contribution in [3.63, 3.8) is 0 Å². The van der Waals surface area contributed by atoms with Crippen LogP contribution in [0, 0.1) is 0 Å². The molecule has 2 N–H and O–H groups in total. The molecule has 0 bridgehead atoms. The van der Waals surface area contributed by atoms with Crippen molar-refractivity contribution in [2.24, 2.45) is 0 Å². The van der Waals surface area contributed by atoms with Gasteiger partial charge in [0.15, 0.2) is 0 Å². The van der Waals surface area contributed by atoms with Gasteiger partial charge in [0.2, 0.25) is 5.91 Å². The zero-order valence-corrected chi connectivity index (χ0v) is 16.8.